The minimum Gasteiger partial charge on any atom is -0.368 e. The number of nitrogens with zero attached hydrogens (tertiary/aromatic N) is 2. The van der Waals surface area contributed by atoms with Gasteiger partial charge in [-0.15, -0.1) is 0 Å². The first-order chi connectivity index (χ1) is 9.74. The number of hydrogen-bond donors (Lipinski definition) is 2. The summed E-state index contributed by atoms with van der Waals surface area (Å²) in [6.07, 6.45) is 4.32. The molecule has 0 saturated heterocycles. The fourth-order valence-corrected chi connectivity index (χ4v) is 4.50. The topological polar surface area (TPSA) is 107 Å². The lowest BCUT2D eigenvalue weighted by Gasteiger charge is -2.14. The van der Waals surface area contributed by atoms with Crippen LogP contribution in [0.25, 0.3) is 0 Å². The number of amides is 1. The average Bonchev–Trinajstić information content (AvgIpc) is 2.96. The molecule has 0 aromatic carbocycles. The van der Waals surface area contributed by atoms with E-state index in [1.165, 1.54) is 6.92 Å². The molecule has 0 radical (unpaired) electrons. The van der Waals surface area contributed by atoms with Gasteiger partial charge in [0.05, 0.1) is 23.5 Å². The number of nitrogens with one attached hydrogen (secondary N) is 1. The molecule has 1 aliphatic carbocycles. The van der Waals surface area contributed by atoms with E-state index < -0.39 is 22.0 Å². The van der Waals surface area contributed by atoms with Gasteiger partial charge in [-0.1, -0.05) is 12.8 Å². The van der Waals surface area contributed by atoms with Gasteiger partial charge in [0.2, 0.25) is 15.9 Å². The average molecular weight is 314 g/mol. The molecule has 21 heavy (non-hydrogen) atoms. The van der Waals surface area contributed by atoms with Crippen LogP contribution in [0.4, 0.5) is 0 Å². The fraction of sp³-hybridized carbons (Fsp3) is 0.692. The lowest BCUT2D eigenvalue weighted by molar-refractivity contribution is -0.119. The minimum atomic E-state index is -3.81. The number of carbonyl (C=O) groups excluding carboxylic acids is 1. The van der Waals surface area contributed by atoms with Crippen LogP contribution in [-0.2, 0) is 14.8 Å². The van der Waals surface area contributed by atoms with Crippen molar-refractivity contribution in [2.45, 2.75) is 63.4 Å². The SMILES string of the molecule is Cc1nn(C2CCCC2)c(C)c1S(=O)(=O)N[C@@H](C)C(N)=O. The quantitative estimate of drug-likeness (QED) is 0.836. The van der Waals surface area contributed by atoms with E-state index in [1.54, 1.807) is 13.8 Å². The van der Waals surface area contributed by atoms with Gasteiger partial charge in [-0.05, 0) is 33.6 Å². The van der Waals surface area contributed by atoms with Crippen molar-refractivity contribution >= 4 is 15.9 Å². The largest absolute Gasteiger partial charge is 0.368 e. The van der Waals surface area contributed by atoms with Gasteiger partial charge >= 0.3 is 0 Å². The highest BCUT2D eigenvalue weighted by molar-refractivity contribution is 7.89. The molecular formula is C13H22N4O3S. The van der Waals surface area contributed by atoms with Crippen LogP contribution in [0.15, 0.2) is 4.90 Å². The predicted molar refractivity (Wildman–Crippen MR) is 78.2 cm³/mol. The number of primary amides is 1. The number of sulfonamides is 1. The maximum atomic E-state index is 12.4. The van der Waals surface area contributed by atoms with Gasteiger partial charge in [-0.2, -0.15) is 9.82 Å². The molecule has 8 heteroatoms. The summed E-state index contributed by atoms with van der Waals surface area (Å²) in [7, 11) is -3.81. The lowest BCUT2D eigenvalue weighted by atomic mass is 10.2. The highest BCUT2D eigenvalue weighted by atomic mass is 32.2. The molecule has 0 bridgehead atoms. The smallest absolute Gasteiger partial charge is 0.244 e. The molecule has 3 N–H and O–H groups in total. The molecule has 1 atom stereocenters. The highest BCUT2D eigenvalue weighted by Crippen LogP contribution is 2.32. The zero-order valence-corrected chi connectivity index (χ0v) is 13.4. The molecular weight excluding hydrogens is 292 g/mol. The number of aryl methyl sites for hydroxylation is 1. The summed E-state index contributed by atoms with van der Waals surface area (Å²) < 4.78 is 29.0. The molecule has 118 valence electrons. The second kappa shape index (κ2) is 5.76. The van der Waals surface area contributed by atoms with Gasteiger partial charge in [-0.3, -0.25) is 9.48 Å². The second-order valence-corrected chi connectivity index (χ2v) is 7.28. The summed E-state index contributed by atoms with van der Waals surface area (Å²) in [5.74, 6) is -0.711. The van der Waals surface area contributed by atoms with Crippen LogP contribution in [0.3, 0.4) is 0 Å². The van der Waals surface area contributed by atoms with Gasteiger partial charge in [0, 0.05) is 0 Å². The zero-order valence-electron chi connectivity index (χ0n) is 12.6. The van der Waals surface area contributed by atoms with E-state index in [1.807, 2.05) is 4.68 Å². The van der Waals surface area contributed by atoms with E-state index in [-0.39, 0.29) is 10.9 Å². The molecule has 1 aliphatic rings. The van der Waals surface area contributed by atoms with E-state index in [4.69, 9.17) is 5.73 Å². The van der Waals surface area contributed by atoms with Crippen molar-refractivity contribution in [2.24, 2.45) is 5.73 Å². The van der Waals surface area contributed by atoms with E-state index >= 15 is 0 Å². The summed E-state index contributed by atoms with van der Waals surface area (Å²) in [4.78, 5) is 11.2. The molecule has 7 nitrogen and oxygen atoms in total. The Morgan fingerprint density at radius 1 is 1.38 bits per heavy atom. The third kappa shape index (κ3) is 3.11. The van der Waals surface area contributed by atoms with Crippen molar-refractivity contribution in [1.29, 1.82) is 0 Å². The van der Waals surface area contributed by atoms with Gasteiger partial charge in [-0.25, -0.2) is 8.42 Å². The number of hydrogen-bond acceptors (Lipinski definition) is 4. The van der Waals surface area contributed by atoms with E-state index in [0.29, 0.717) is 11.4 Å². The first kappa shape index (κ1) is 16.0. The van der Waals surface area contributed by atoms with Crippen LogP contribution in [0.5, 0.6) is 0 Å². The van der Waals surface area contributed by atoms with Crippen LogP contribution in [0.1, 0.15) is 50.0 Å². The fourth-order valence-electron chi connectivity index (χ4n) is 2.89. The monoisotopic (exact) mass is 314 g/mol. The Morgan fingerprint density at radius 3 is 2.48 bits per heavy atom. The van der Waals surface area contributed by atoms with Crippen molar-refractivity contribution in [3.8, 4) is 0 Å². The molecule has 1 fully saturated rings. The third-order valence-electron chi connectivity index (χ3n) is 3.96. The Balaban J connectivity index is 2.37. The Bertz CT molecular complexity index is 645. The first-order valence-corrected chi connectivity index (χ1v) is 8.59. The summed E-state index contributed by atoms with van der Waals surface area (Å²) >= 11 is 0. The minimum absolute atomic E-state index is 0.155. The van der Waals surface area contributed by atoms with Crippen molar-refractivity contribution in [2.75, 3.05) is 0 Å². The lowest BCUT2D eigenvalue weighted by Crippen LogP contribution is -2.42. The van der Waals surface area contributed by atoms with Crippen LogP contribution >= 0.6 is 0 Å². The molecule has 2 rings (SSSR count). The van der Waals surface area contributed by atoms with E-state index in [9.17, 15) is 13.2 Å². The highest BCUT2D eigenvalue weighted by Gasteiger charge is 2.30. The van der Waals surface area contributed by atoms with Crippen LogP contribution in [0, 0.1) is 13.8 Å². The summed E-state index contributed by atoms with van der Waals surface area (Å²) in [5, 5.41) is 4.39. The molecule has 1 heterocycles. The molecule has 0 unspecified atom stereocenters. The standard InChI is InChI=1S/C13H22N4O3S/c1-8-12(21(19,20)16-9(2)13(14)18)10(3)17(15-8)11-6-4-5-7-11/h9,11,16H,4-7H2,1-3H3,(H2,14,18)/t9-/m0/s1. The second-order valence-electron chi connectivity index (χ2n) is 5.63. The van der Waals surface area contributed by atoms with Gasteiger partial charge in [0.1, 0.15) is 4.90 Å². The van der Waals surface area contributed by atoms with E-state index in [2.05, 4.69) is 9.82 Å². The maximum Gasteiger partial charge on any atom is 0.244 e. The van der Waals surface area contributed by atoms with Crippen molar-refractivity contribution in [3.63, 3.8) is 0 Å². The summed E-state index contributed by atoms with van der Waals surface area (Å²) in [5.41, 5.74) is 6.18. The van der Waals surface area contributed by atoms with Gasteiger partial charge < -0.3 is 5.73 Å². The number of rotatable bonds is 5. The van der Waals surface area contributed by atoms with Crippen molar-refractivity contribution in [3.05, 3.63) is 11.4 Å². The molecule has 1 aromatic rings. The van der Waals surface area contributed by atoms with Crippen molar-refractivity contribution < 1.29 is 13.2 Å². The van der Waals surface area contributed by atoms with E-state index in [0.717, 1.165) is 25.7 Å². The molecule has 1 saturated carbocycles. The predicted octanol–water partition coefficient (Wildman–Crippen LogP) is 0.767. The normalized spacial score (nSPS) is 18.0. The zero-order chi connectivity index (χ0) is 15.8. The summed E-state index contributed by atoms with van der Waals surface area (Å²) in [6, 6.07) is -0.690. The summed E-state index contributed by atoms with van der Waals surface area (Å²) in [6.45, 7) is 4.84. The maximum absolute atomic E-state index is 12.4. The van der Waals surface area contributed by atoms with Crippen LogP contribution in [0.2, 0.25) is 0 Å². The number of nitrogens with two attached hydrogens (primary N) is 1. The Labute approximate surface area is 124 Å². The van der Waals surface area contributed by atoms with Crippen LogP contribution in [-0.4, -0.2) is 30.1 Å². The molecule has 1 aromatic heterocycles. The Kier molecular flexibility index (Phi) is 4.38. The number of carbonyl (C=O) groups is 1. The molecule has 0 spiro atoms. The third-order valence-corrected chi connectivity index (χ3v) is 5.75. The van der Waals surface area contributed by atoms with Gasteiger partial charge in [0.15, 0.2) is 0 Å². The first-order valence-electron chi connectivity index (χ1n) is 7.11. The molecule has 1 amide bonds. The van der Waals surface area contributed by atoms with Gasteiger partial charge in [0.25, 0.3) is 0 Å². The van der Waals surface area contributed by atoms with Crippen LogP contribution < -0.4 is 10.5 Å². The Morgan fingerprint density at radius 2 is 1.95 bits per heavy atom. The van der Waals surface area contributed by atoms with Crippen molar-refractivity contribution in [1.82, 2.24) is 14.5 Å². The Hall–Kier alpha value is -1.41. The number of aromatic nitrogens is 2. The molecule has 0 aliphatic heterocycles.